The standard InChI is InChI=1S/C15H11Cl2NOS/c1-9-3-2-4-12-10(9)5-6-18(12)8-13(19)11-7-14(16)20-15(11)17/h2-7H,8H2,1H3. The molecule has 0 aliphatic rings. The number of aryl methyl sites for hydroxylation is 1. The molecule has 0 bridgehead atoms. The fourth-order valence-electron chi connectivity index (χ4n) is 2.29. The van der Waals surface area contributed by atoms with Crippen LogP contribution < -0.4 is 0 Å². The van der Waals surface area contributed by atoms with E-state index in [9.17, 15) is 4.79 Å². The number of ketones is 1. The molecular formula is C15H11Cl2NOS. The minimum absolute atomic E-state index is 0.0304. The maximum atomic E-state index is 12.3. The Hall–Kier alpha value is -1.29. The van der Waals surface area contributed by atoms with E-state index < -0.39 is 0 Å². The van der Waals surface area contributed by atoms with E-state index in [1.54, 1.807) is 6.07 Å². The predicted octanol–water partition coefficient (Wildman–Crippen LogP) is 5.20. The molecule has 3 aromatic rings. The lowest BCUT2D eigenvalue weighted by Gasteiger charge is -2.05. The minimum Gasteiger partial charge on any atom is -0.340 e. The van der Waals surface area contributed by atoms with Crippen LogP contribution in [-0.2, 0) is 6.54 Å². The molecule has 1 aromatic carbocycles. The first-order valence-electron chi connectivity index (χ1n) is 6.09. The summed E-state index contributed by atoms with van der Waals surface area (Å²) in [6, 6.07) is 9.73. The maximum Gasteiger partial charge on any atom is 0.184 e. The number of nitrogens with zero attached hydrogens (tertiary/aromatic N) is 1. The van der Waals surface area contributed by atoms with Gasteiger partial charge in [-0.1, -0.05) is 35.3 Å². The van der Waals surface area contributed by atoms with Crippen LogP contribution in [0.1, 0.15) is 15.9 Å². The first-order valence-corrected chi connectivity index (χ1v) is 7.66. The van der Waals surface area contributed by atoms with Crippen LogP contribution in [0.5, 0.6) is 0 Å². The molecule has 2 nitrogen and oxygen atoms in total. The van der Waals surface area contributed by atoms with Crippen LogP contribution in [0.3, 0.4) is 0 Å². The summed E-state index contributed by atoms with van der Waals surface area (Å²) >= 11 is 13.1. The van der Waals surface area contributed by atoms with Gasteiger partial charge in [0.1, 0.15) is 4.34 Å². The van der Waals surface area contributed by atoms with Crippen molar-refractivity contribution in [1.29, 1.82) is 0 Å². The van der Waals surface area contributed by atoms with Crippen LogP contribution in [0.25, 0.3) is 10.9 Å². The second-order valence-electron chi connectivity index (χ2n) is 4.61. The number of hydrogen-bond donors (Lipinski definition) is 0. The van der Waals surface area contributed by atoms with E-state index >= 15 is 0 Å². The average molecular weight is 324 g/mol. The zero-order valence-electron chi connectivity index (χ0n) is 10.7. The van der Waals surface area contributed by atoms with Gasteiger partial charge in [0.05, 0.1) is 16.4 Å². The summed E-state index contributed by atoms with van der Waals surface area (Å²) in [5.41, 5.74) is 2.75. The van der Waals surface area contributed by atoms with Gasteiger partial charge in [-0.25, -0.2) is 0 Å². The summed E-state index contributed by atoms with van der Waals surface area (Å²) in [6.45, 7) is 2.32. The highest BCUT2D eigenvalue weighted by Crippen LogP contribution is 2.32. The summed E-state index contributed by atoms with van der Waals surface area (Å²) in [7, 11) is 0. The van der Waals surface area contributed by atoms with Crippen molar-refractivity contribution in [3.05, 3.63) is 56.3 Å². The van der Waals surface area contributed by atoms with Crippen molar-refractivity contribution in [2.24, 2.45) is 0 Å². The second-order valence-corrected chi connectivity index (χ2v) is 6.90. The van der Waals surface area contributed by atoms with Gasteiger partial charge in [0.15, 0.2) is 5.78 Å². The molecule has 0 amide bonds. The molecule has 102 valence electrons. The lowest BCUT2D eigenvalue weighted by atomic mass is 10.1. The maximum absolute atomic E-state index is 12.3. The molecular weight excluding hydrogens is 313 g/mol. The highest BCUT2D eigenvalue weighted by Gasteiger charge is 2.15. The molecule has 0 spiro atoms. The fraction of sp³-hybridized carbons (Fsp3) is 0.133. The van der Waals surface area contributed by atoms with Gasteiger partial charge in [0.25, 0.3) is 0 Å². The number of carbonyl (C=O) groups is 1. The summed E-state index contributed by atoms with van der Waals surface area (Å²) in [6.07, 6.45) is 1.93. The fourth-order valence-corrected chi connectivity index (χ4v) is 3.78. The lowest BCUT2D eigenvalue weighted by molar-refractivity contribution is 0.0974. The van der Waals surface area contributed by atoms with E-state index in [1.807, 2.05) is 29.0 Å². The van der Waals surface area contributed by atoms with Gasteiger partial charge in [0, 0.05) is 17.1 Å². The Morgan fingerprint density at radius 3 is 2.80 bits per heavy atom. The molecule has 0 atom stereocenters. The number of benzene rings is 1. The summed E-state index contributed by atoms with van der Waals surface area (Å²) in [4.78, 5) is 12.3. The molecule has 0 saturated heterocycles. The molecule has 2 heterocycles. The van der Waals surface area contributed by atoms with Crippen molar-refractivity contribution in [3.8, 4) is 0 Å². The van der Waals surface area contributed by atoms with Gasteiger partial charge in [-0.3, -0.25) is 4.79 Å². The van der Waals surface area contributed by atoms with Crippen LogP contribution in [0.2, 0.25) is 8.67 Å². The molecule has 0 N–H and O–H groups in total. The molecule has 0 radical (unpaired) electrons. The van der Waals surface area contributed by atoms with Crippen LogP contribution in [0, 0.1) is 6.92 Å². The molecule has 0 fully saturated rings. The lowest BCUT2D eigenvalue weighted by Crippen LogP contribution is -2.09. The highest BCUT2D eigenvalue weighted by molar-refractivity contribution is 7.20. The van der Waals surface area contributed by atoms with Crippen molar-refractivity contribution in [2.75, 3.05) is 0 Å². The number of aromatic nitrogens is 1. The molecule has 0 saturated carbocycles. The Balaban J connectivity index is 1.96. The third kappa shape index (κ3) is 2.37. The normalized spacial score (nSPS) is 11.2. The van der Waals surface area contributed by atoms with Gasteiger partial charge in [-0.05, 0) is 30.7 Å². The van der Waals surface area contributed by atoms with Crippen molar-refractivity contribution in [3.63, 3.8) is 0 Å². The van der Waals surface area contributed by atoms with Gasteiger partial charge < -0.3 is 4.57 Å². The largest absolute Gasteiger partial charge is 0.340 e. The summed E-state index contributed by atoms with van der Waals surface area (Å²) < 4.78 is 2.92. The predicted molar refractivity (Wildman–Crippen MR) is 85.3 cm³/mol. The van der Waals surface area contributed by atoms with Gasteiger partial charge in [-0.15, -0.1) is 11.3 Å². The molecule has 20 heavy (non-hydrogen) atoms. The quantitative estimate of drug-likeness (QED) is 0.607. The van der Waals surface area contributed by atoms with E-state index in [2.05, 4.69) is 13.0 Å². The highest BCUT2D eigenvalue weighted by atomic mass is 35.5. The number of carbonyl (C=O) groups excluding carboxylic acids is 1. The Morgan fingerprint density at radius 1 is 1.30 bits per heavy atom. The zero-order chi connectivity index (χ0) is 14.3. The number of hydrogen-bond acceptors (Lipinski definition) is 2. The van der Waals surface area contributed by atoms with Crippen LogP contribution in [0.4, 0.5) is 0 Å². The SMILES string of the molecule is Cc1cccc2c1ccn2CC(=O)c1cc(Cl)sc1Cl. The Labute approximate surface area is 130 Å². The topological polar surface area (TPSA) is 22.0 Å². The van der Waals surface area contributed by atoms with Gasteiger partial charge >= 0.3 is 0 Å². The van der Waals surface area contributed by atoms with Crippen molar-refractivity contribution in [2.45, 2.75) is 13.5 Å². The third-order valence-corrected chi connectivity index (χ3v) is 4.79. The Bertz CT molecular complexity index is 803. The van der Waals surface area contributed by atoms with Gasteiger partial charge in [0.2, 0.25) is 0 Å². The Kier molecular flexibility index (Phi) is 3.59. The number of rotatable bonds is 3. The third-order valence-electron chi connectivity index (χ3n) is 3.30. The van der Waals surface area contributed by atoms with Gasteiger partial charge in [-0.2, -0.15) is 0 Å². The summed E-state index contributed by atoms with van der Waals surface area (Å²) in [5.74, 6) is -0.0304. The number of thiophene rings is 1. The number of Topliss-reactive ketones (excluding diaryl/α,β-unsaturated/α-hetero) is 1. The first-order chi connectivity index (χ1) is 9.56. The molecule has 5 heteroatoms. The molecule has 2 aromatic heterocycles. The van der Waals surface area contributed by atoms with Crippen molar-refractivity contribution >= 4 is 51.2 Å². The molecule has 3 rings (SSSR count). The van der Waals surface area contributed by atoms with Crippen LogP contribution in [0.15, 0.2) is 36.5 Å². The average Bonchev–Trinajstić information content (AvgIpc) is 2.94. The zero-order valence-corrected chi connectivity index (χ0v) is 13.0. The number of halogens is 2. The molecule has 0 unspecified atom stereocenters. The number of fused-ring (bicyclic) bond motifs is 1. The minimum atomic E-state index is -0.0304. The van der Waals surface area contributed by atoms with E-state index in [1.165, 1.54) is 16.9 Å². The van der Waals surface area contributed by atoms with E-state index in [0.29, 0.717) is 14.2 Å². The smallest absolute Gasteiger partial charge is 0.184 e. The van der Waals surface area contributed by atoms with Crippen molar-refractivity contribution < 1.29 is 4.79 Å². The Morgan fingerprint density at radius 2 is 2.10 bits per heavy atom. The summed E-state index contributed by atoms with van der Waals surface area (Å²) in [5, 5.41) is 1.16. The second kappa shape index (κ2) is 5.24. The molecule has 0 aliphatic heterocycles. The van der Waals surface area contributed by atoms with E-state index in [4.69, 9.17) is 23.2 Å². The van der Waals surface area contributed by atoms with E-state index in [0.717, 1.165) is 10.9 Å². The van der Waals surface area contributed by atoms with Crippen molar-refractivity contribution in [1.82, 2.24) is 4.57 Å². The molecule has 0 aliphatic carbocycles. The van der Waals surface area contributed by atoms with Crippen LogP contribution in [-0.4, -0.2) is 10.4 Å². The monoisotopic (exact) mass is 323 g/mol. The van der Waals surface area contributed by atoms with E-state index in [-0.39, 0.29) is 12.3 Å². The first kappa shape index (κ1) is 13.7. The van der Waals surface area contributed by atoms with Crippen LogP contribution >= 0.6 is 34.5 Å².